The summed E-state index contributed by atoms with van der Waals surface area (Å²) < 4.78 is 1.57. The molecule has 0 bridgehead atoms. The number of para-hydroxylation sites is 1. The lowest BCUT2D eigenvalue weighted by atomic mass is 10.2. The second-order valence-corrected chi connectivity index (χ2v) is 6.28. The number of nitrogens with one attached hydrogen (secondary N) is 1. The zero-order chi connectivity index (χ0) is 17.5. The maximum absolute atomic E-state index is 12.3. The minimum Gasteiger partial charge on any atom is -0.309 e. The molecule has 0 aliphatic rings. The van der Waals surface area contributed by atoms with Crippen molar-refractivity contribution in [3.8, 4) is 11.8 Å². The third-order valence-electron chi connectivity index (χ3n) is 3.49. The molecule has 3 aromatic rings. The lowest BCUT2D eigenvalue weighted by Crippen LogP contribution is -2.17. The van der Waals surface area contributed by atoms with Gasteiger partial charge in [-0.2, -0.15) is 10.4 Å². The molecule has 3 rings (SSSR count). The van der Waals surface area contributed by atoms with E-state index in [-0.39, 0.29) is 5.91 Å². The smallest absolute Gasteiger partial charge is 0.235 e. The van der Waals surface area contributed by atoms with Crippen molar-refractivity contribution in [3.05, 3.63) is 78.0 Å². The van der Waals surface area contributed by atoms with Crippen LogP contribution in [0.5, 0.6) is 0 Å². The molecule has 0 atom stereocenters. The van der Waals surface area contributed by atoms with Crippen molar-refractivity contribution < 1.29 is 4.79 Å². The highest BCUT2D eigenvalue weighted by molar-refractivity contribution is 7.99. The minimum absolute atomic E-state index is 0.157. The van der Waals surface area contributed by atoms with Gasteiger partial charge in [0.1, 0.15) is 11.6 Å². The Morgan fingerprint density at radius 2 is 1.80 bits per heavy atom. The number of thioether (sulfide) groups is 1. The van der Waals surface area contributed by atoms with Gasteiger partial charge in [0.2, 0.25) is 5.91 Å². The van der Waals surface area contributed by atoms with Crippen molar-refractivity contribution in [2.75, 3.05) is 11.1 Å². The van der Waals surface area contributed by atoms with Gasteiger partial charge in [-0.1, -0.05) is 48.5 Å². The number of aromatic nitrogens is 2. The van der Waals surface area contributed by atoms with Crippen LogP contribution in [0.2, 0.25) is 0 Å². The van der Waals surface area contributed by atoms with E-state index >= 15 is 0 Å². The second kappa shape index (κ2) is 8.18. The lowest BCUT2D eigenvalue weighted by Gasteiger charge is -2.09. The third kappa shape index (κ3) is 4.28. The summed E-state index contributed by atoms with van der Waals surface area (Å²) in [7, 11) is 0. The van der Waals surface area contributed by atoms with Gasteiger partial charge in [-0.3, -0.25) is 4.79 Å². The summed E-state index contributed by atoms with van der Waals surface area (Å²) >= 11 is 1.53. The van der Waals surface area contributed by atoms with Gasteiger partial charge in [0, 0.05) is 5.75 Å². The molecule has 1 aromatic heterocycles. The molecule has 2 aromatic carbocycles. The molecular weight excluding hydrogens is 332 g/mol. The fourth-order valence-corrected chi connectivity index (χ4v) is 3.11. The van der Waals surface area contributed by atoms with Crippen LogP contribution in [0.1, 0.15) is 11.1 Å². The van der Waals surface area contributed by atoms with E-state index in [4.69, 9.17) is 0 Å². The van der Waals surface area contributed by atoms with E-state index in [1.54, 1.807) is 4.68 Å². The number of carbonyl (C=O) groups excluding carboxylic acids is 1. The maximum Gasteiger partial charge on any atom is 0.235 e. The molecule has 0 saturated carbocycles. The first-order valence-electron chi connectivity index (χ1n) is 7.73. The van der Waals surface area contributed by atoms with Crippen LogP contribution in [-0.2, 0) is 10.5 Å². The average molecular weight is 348 g/mol. The number of hydrogen-bond acceptors (Lipinski definition) is 4. The summed E-state index contributed by atoms with van der Waals surface area (Å²) in [5, 5.41) is 16.3. The Balaban J connectivity index is 1.67. The monoisotopic (exact) mass is 348 g/mol. The summed E-state index contributed by atoms with van der Waals surface area (Å²) in [5.41, 5.74) is 2.30. The quantitative estimate of drug-likeness (QED) is 0.739. The van der Waals surface area contributed by atoms with Crippen molar-refractivity contribution in [2.45, 2.75) is 5.75 Å². The predicted molar refractivity (Wildman–Crippen MR) is 99.5 cm³/mol. The minimum atomic E-state index is -0.157. The SMILES string of the molecule is N#Cc1cnn(-c2ccccc2)c1NC(=O)CSCc1ccccc1. The number of hydrogen-bond donors (Lipinski definition) is 1. The normalized spacial score (nSPS) is 10.2. The van der Waals surface area contributed by atoms with E-state index in [0.717, 1.165) is 11.4 Å². The number of nitrogens with zero attached hydrogens (tertiary/aromatic N) is 3. The lowest BCUT2D eigenvalue weighted by molar-refractivity contribution is -0.113. The number of amides is 1. The molecule has 0 aliphatic heterocycles. The van der Waals surface area contributed by atoms with Gasteiger partial charge >= 0.3 is 0 Å². The second-order valence-electron chi connectivity index (χ2n) is 5.29. The fraction of sp³-hybridized carbons (Fsp3) is 0.105. The van der Waals surface area contributed by atoms with Gasteiger partial charge in [-0.05, 0) is 17.7 Å². The number of carbonyl (C=O) groups is 1. The molecule has 0 unspecified atom stereocenters. The molecule has 25 heavy (non-hydrogen) atoms. The van der Waals surface area contributed by atoms with Crippen LogP contribution >= 0.6 is 11.8 Å². The van der Waals surface area contributed by atoms with Crippen molar-refractivity contribution >= 4 is 23.5 Å². The Labute approximate surface area is 150 Å². The topological polar surface area (TPSA) is 70.7 Å². The van der Waals surface area contributed by atoms with Gasteiger partial charge < -0.3 is 5.32 Å². The highest BCUT2D eigenvalue weighted by Gasteiger charge is 2.15. The molecule has 124 valence electrons. The van der Waals surface area contributed by atoms with Crippen LogP contribution < -0.4 is 5.32 Å². The number of benzene rings is 2. The van der Waals surface area contributed by atoms with E-state index in [1.807, 2.05) is 60.7 Å². The zero-order valence-corrected chi connectivity index (χ0v) is 14.2. The summed E-state index contributed by atoms with van der Waals surface area (Å²) in [5.74, 6) is 1.31. The molecule has 0 aliphatic carbocycles. The van der Waals surface area contributed by atoms with E-state index in [2.05, 4.69) is 16.5 Å². The van der Waals surface area contributed by atoms with Gasteiger partial charge in [-0.25, -0.2) is 4.68 Å². The van der Waals surface area contributed by atoms with Crippen LogP contribution in [0.3, 0.4) is 0 Å². The first-order chi connectivity index (χ1) is 12.3. The van der Waals surface area contributed by atoms with Gasteiger partial charge in [0.15, 0.2) is 5.82 Å². The highest BCUT2D eigenvalue weighted by atomic mass is 32.2. The van der Waals surface area contributed by atoms with Crippen LogP contribution in [0.4, 0.5) is 5.82 Å². The number of anilines is 1. The van der Waals surface area contributed by atoms with Crippen LogP contribution in [-0.4, -0.2) is 21.4 Å². The van der Waals surface area contributed by atoms with Crippen LogP contribution in [0.15, 0.2) is 66.9 Å². The Morgan fingerprint density at radius 3 is 2.48 bits per heavy atom. The Hall–Kier alpha value is -3.04. The average Bonchev–Trinajstić information content (AvgIpc) is 3.06. The summed E-state index contributed by atoms with van der Waals surface area (Å²) in [6.45, 7) is 0. The molecule has 0 radical (unpaired) electrons. The summed E-state index contributed by atoms with van der Waals surface area (Å²) in [6, 6.07) is 21.5. The zero-order valence-electron chi connectivity index (χ0n) is 13.4. The number of nitriles is 1. The third-order valence-corrected chi connectivity index (χ3v) is 4.50. The molecule has 5 nitrogen and oxygen atoms in total. The van der Waals surface area contributed by atoms with E-state index in [1.165, 1.54) is 23.5 Å². The molecule has 0 spiro atoms. The van der Waals surface area contributed by atoms with Gasteiger partial charge in [0.05, 0.1) is 17.6 Å². The molecule has 6 heteroatoms. The standard InChI is InChI=1S/C19H16N4OS/c20-11-16-12-21-23(17-9-5-2-6-10-17)19(16)22-18(24)14-25-13-15-7-3-1-4-8-15/h1-10,12H,13-14H2,(H,22,24). The van der Waals surface area contributed by atoms with Gasteiger partial charge in [-0.15, -0.1) is 11.8 Å². The predicted octanol–water partition coefficient (Wildman–Crippen LogP) is 3.62. The van der Waals surface area contributed by atoms with E-state index in [9.17, 15) is 10.1 Å². The molecule has 0 fully saturated rings. The van der Waals surface area contributed by atoms with Crippen LogP contribution in [0.25, 0.3) is 5.69 Å². The fourth-order valence-electron chi connectivity index (χ4n) is 2.32. The maximum atomic E-state index is 12.3. The molecular formula is C19H16N4OS. The molecule has 1 heterocycles. The Bertz CT molecular complexity index is 885. The molecule has 1 amide bonds. The molecule has 0 saturated heterocycles. The summed E-state index contributed by atoms with van der Waals surface area (Å²) in [6.07, 6.45) is 1.46. The van der Waals surface area contributed by atoms with Crippen LogP contribution in [0, 0.1) is 11.3 Å². The number of rotatable bonds is 6. The largest absolute Gasteiger partial charge is 0.309 e. The van der Waals surface area contributed by atoms with E-state index in [0.29, 0.717) is 17.1 Å². The van der Waals surface area contributed by atoms with Crippen molar-refractivity contribution in [2.24, 2.45) is 0 Å². The first kappa shape index (κ1) is 16.8. The van der Waals surface area contributed by atoms with Crippen molar-refractivity contribution in [1.82, 2.24) is 9.78 Å². The Kier molecular flexibility index (Phi) is 5.50. The Morgan fingerprint density at radius 1 is 1.12 bits per heavy atom. The van der Waals surface area contributed by atoms with E-state index < -0.39 is 0 Å². The first-order valence-corrected chi connectivity index (χ1v) is 8.88. The van der Waals surface area contributed by atoms with Crippen molar-refractivity contribution in [3.63, 3.8) is 0 Å². The highest BCUT2D eigenvalue weighted by Crippen LogP contribution is 2.20. The van der Waals surface area contributed by atoms with Crippen molar-refractivity contribution in [1.29, 1.82) is 5.26 Å². The summed E-state index contributed by atoms with van der Waals surface area (Å²) in [4.78, 5) is 12.3. The van der Waals surface area contributed by atoms with Gasteiger partial charge in [0.25, 0.3) is 0 Å². The molecule has 1 N–H and O–H groups in total.